The molecule has 190 valence electrons. The Morgan fingerprint density at radius 1 is 1.06 bits per heavy atom. The molecular weight excluding hydrogens is 498 g/mol. The van der Waals surface area contributed by atoms with Crippen molar-refractivity contribution >= 4 is 15.9 Å². The van der Waals surface area contributed by atoms with Crippen molar-refractivity contribution in [3.8, 4) is 11.3 Å². The summed E-state index contributed by atoms with van der Waals surface area (Å²) >= 11 is 0. The lowest BCUT2D eigenvalue weighted by Crippen LogP contribution is -2.51. The van der Waals surface area contributed by atoms with Gasteiger partial charge >= 0.3 is 6.18 Å². The molecule has 0 radical (unpaired) electrons. The highest BCUT2D eigenvalue weighted by Crippen LogP contribution is 2.45. The maximum atomic E-state index is 13.3. The topological polar surface area (TPSA) is 79.4 Å². The molecule has 0 bridgehead atoms. The zero-order chi connectivity index (χ0) is 26.1. The standard InChI is InChI=1S/C25H23F4N3O3S/c1-2-32(36(34,35)21-9-7-20(26)8-10-21)24(12-13-24)23(33)31-16-17-11-14-30-22(15-17)18-3-5-19(6-4-18)25(27,28)29/h3-11,14-15H,2,12-13,16H2,1H3,(H,31,33). The average Bonchev–Trinajstić information content (AvgIpc) is 3.64. The molecule has 0 spiro atoms. The van der Waals surface area contributed by atoms with Gasteiger partial charge in [0, 0.05) is 24.8 Å². The van der Waals surface area contributed by atoms with Crippen LogP contribution in [0, 0.1) is 5.82 Å². The molecule has 1 N–H and O–H groups in total. The van der Waals surface area contributed by atoms with Gasteiger partial charge in [-0.15, -0.1) is 0 Å². The van der Waals surface area contributed by atoms with Crippen LogP contribution in [-0.2, 0) is 27.5 Å². The number of hydrogen-bond donors (Lipinski definition) is 1. The number of nitrogens with zero attached hydrogens (tertiary/aromatic N) is 2. The highest BCUT2D eigenvalue weighted by atomic mass is 32.2. The molecule has 11 heteroatoms. The second kappa shape index (κ2) is 9.62. The normalized spacial score (nSPS) is 15.1. The Bertz CT molecular complexity index is 1350. The van der Waals surface area contributed by atoms with Gasteiger partial charge in [-0.1, -0.05) is 19.1 Å². The molecule has 1 aliphatic carbocycles. The van der Waals surface area contributed by atoms with E-state index in [-0.39, 0.29) is 18.0 Å². The fraction of sp³-hybridized carbons (Fsp3) is 0.280. The third kappa shape index (κ3) is 5.12. The van der Waals surface area contributed by atoms with Crippen LogP contribution >= 0.6 is 0 Å². The van der Waals surface area contributed by atoms with E-state index in [1.807, 2.05) is 0 Å². The summed E-state index contributed by atoms with van der Waals surface area (Å²) < 4.78 is 79.2. The first-order chi connectivity index (χ1) is 17.0. The molecule has 2 aromatic carbocycles. The maximum absolute atomic E-state index is 13.3. The quantitative estimate of drug-likeness (QED) is 0.434. The van der Waals surface area contributed by atoms with Crippen LogP contribution in [0.1, 0.15) is 30.9 Å². The summed E-state index contributed by atoms with van der Waals surface area (Å²) in [5, 5.41) is 2.78. The summed E-state index contributed by atoms with van der Waals surface area (Å²) in [6, 6.07) is 12.3. The number of sulfonamides is 1. The van der Waals surface area contributed by atoms with Gasteiger partial charge in [0.1, 0.15) is 11.4 Å². The van der Waals surface area contributed by atoms with Crippen molar-refractivity contribution in [2.24, 2.45) is 0 Å². The van der Waals surface area contributed by atoms with Crippen LogP contribution in [0.3, 0.4) is 0 Å². The van der Waals surface area contributed by atoms with Crippen LogP contribution in [0.5, 0.6) is 0 Å². The number of carbonyl (C=O) groups excluding carboxylic acids is 1. The Morgan fingerprint density at radius 3 is 2.25 bits per heavy atom. The number of alkyl halides is 3. The molecule has 1 aromatic heterocycles. The number of hydrogen-bond acceptors (Lipinski definition) is 4. The van der Waals surface area contributed by atoms with Crippen molar-refractivity contribution in [3.63, 3.8) is 0 Å². The molecule has 6 nitrogen and oxygen atoms in total. The SMILES string of the molecule is CCN(C1(C(=O)NCc2ccnc(-c3ccc(C(F)(F)F)cc3)c2)CC1)S(=O)(=O)c1ccc(F)cc1. The van der Waals surface area contributed by atoms with E-state index >= 15 is 0 Å². The second-order valence-electron chi connectivity index (χ2n) is 8.46. The third-order valence-electron chi connectivity index (χ3n) is 6.10. The highest BCUT2D eigenvalue weighted by molar-refractivity contribution is 7.89. The van der Waals surface area contributed by atoms with E-state index in [9.17, 15) is 30.8 Å². The van der Waals surface area contributed by atoms with Crippen LogP contribution in [0.2, 0.25) is 0 Å². The van der Waals surface area contributed by atoms with Crippen molar-refractivity contribution in [3.05, 3.63) is 83.8 Å². The molecule has 1 saturated carbocycles. The lowest BCUT2D eigenvalue weighted by Gasteiger charge is -2.29. The van der Waals surface area contributed by atoms with Gasteiger partial charge in [-0.3, -0.25) is 9.78 Å². The van der Waals surface area contributed by atoms with Crippen LogP contribution in [0.4, 0.5) is 17.6 Å². The van der Waals surface area contributed by atoms with E-state index in [2.05, 4.69) is 10.3 Å². The van der Waals surface area contributed by atoms with Crippen molar-refractivity contribution in [1.82, 2.24) is 14.6 Å². The first kappa shape index (κ1) is 25.8. The minimum atomic E-state index is -4.44. The molecule has 4 rings (SSSR count). The van der Waals surface area contributed by atoms with Crippen LogP contribution in [0.25, 0.3) is 11.3 Å². The Hall–Kier alpha value is -3.31. The number of pyridine rings is 1. The Balaban J connectivity index is 1.48. The number of aromatic nitrogens is 1. The molecule has 0 aliphatic heterocycles. The number of rotatable bonds is 8. The van der Waals surface area contributed by atoms with Gasteiger partial charge < -0.3 is 5.32 Å². The number of amides is 1. The largest absolute Gasteiger partial charge is 0.416 e. The molecule has 1 amide bonds. The first-order valence-corrected chi connectivity index (χ1v) is 12.6. The molecule has 1 heterocycles. The fourth-order valence-electron chi connectivity index (χ4n) is 4.06. The third-order valence-corrected chi connectivity index (χ3v) is 8.15. The monoisotopic (exact) mass is 521 g/mol. The summed E-state index contributed by atoms with van der Waals surface area (Å²) in [7, 11) is -4.03. The van der Waals surface area contributed by atoms with E-state index < -0.39 is 39.0 Å². The fourth-order valence-corrected chi connectivity index (χ4v) is 5.86. The van der Waals surface area contributed by atoms with Gasteiger partial charge in [-0.25, -0.2) is 12.8 Å². The van der Waals surface area contributed by atoms with Crippen LogP contribution in [0.15, 0.2) is 71.8 Å². The minimum Gasteiger partial charge on any atom is -0.350 e. The molecule has 3 aromatic rings. The van der Waals surface area contributed by atoms with Crippen molar-refractivity contribution in [1.29, 1.82) is 0 Å². The molecule has 0 saturated heterocycles. The van der Waals surface area contributed by atoms with Crippen molar-refractivity contribution < 1.29 is 30.8 Å². The summed E-state index contributed by atoms with van der Waals surface area (Å²) in [6.07, 6.45) is -2.26. The minimum absolute atomic E-state index is 0.0560. The first-order valence-electron chi connectivity index (χ1n) is 11.2. The van der Waals surface area contributed by atoms with E-state index in [0.717, 1.165) is 28.6 Å². The smallest absolute Gasteiger partial charge is 0.350 e. The Morgan fingerprint density at radius 2 is 1.69 bits per heavy atom. The highest BCUT2D eigenvalue weighted by Gasteiger charge is 2.58. The number of halogens is 4. The van der Waals surface area contributed by atoms with Crippen LogP contribution < -0.4 is 5.32 Å². The number of nitrogens with one attached hydrogen (secondary N) is 1. The van der Waals surface area contributed by atoms with E-state index in [0.29, 0.717) is 29.7 Å². The van der Waals surface area contributed by atoms with Gasteiger partial charge in [-0.05, 0) is 66.9 Å². The van der Waals surface area contributed by atoms with Gasteiger partial charge in [0.15, 0.2) is 0 Å². The van der Waals surface area contributed by atoms with E-state index in [4.69, 9.17) is 0 Å². The predicted octanol–water partition coefficient (Wildman–Crippen LogP) is 4.77. The van der Waals surface area contributed by atoms with E-state index in [1.54, 1.807) is 19.1 Å². The number of carbonyl (C=O) groups is 1. The van der Waals surface area contributed by atoms with Gasteiger partial charge in [0.25, 0.3) is 0 Å². The van der Waals surface area contributed by atoms with Crippen LogP contribution in [-0.4, -0.2) is 35.7 Å². The molecule has 0 atom stereocenters. The predicted molar refractivity (Wildman–Crippen MR) is 124 cm³/mol. The summed E-state index contributed by atoms with van der Waals surface area (Å²) in [5.41, 5.74) is -0.428. The van der Waals surface area contributed by atoms with Crippen molar-refractivity contribution in [2.75, 3.05) is 6.54 Å². The number of likely N-dealkylation sites (N-methyl/N-ethyl adjacent to an activating group) is 1. The molecule has 1 fully saturated rings. The zero-order valence-corrected chi connectivity index (χ0v) is 20.0. The second-order valence-corrected chi connectivity index (χ2v) is 10.3. The number of benzene rings is 2. The maximum Gasteiger partial charge on any atom is 0.416 e. The Labute approximate surface area is 206 Å². The van der Waals surface area contributed by atoms with Crippen molar-refractivity contribution in [2.45, 2.75) is 42.9 Å². The molecular formula is C25H23F4N3O3S. The van der Waals surface area contributed by atoms with E-state index in [1.165, 1.54) is 30.5 Å². The molecule has 0 unspecified atom stereocenters. The molecule has 1 aliphatic rings. The van der Waals surface area contributed by atoms with Gasteiger partial charge in [-0.2, -0.15) is 17.5 Å². The summed E-state index contributed by atoms with van der Waals surface area (Å²) in [6.45, 7) is 1.76. The van der Waals surface area contributed by atoms with Gasteiger partial charge in [0.05, 0.1) is 16.2 Å². The Kier molecular flexibility index (Phi) is 6.89. The summed E-state index contributed by atoms with van der Waals surface area (Å²) in [4.78, 5) is 17.2. The zero-order valence-electron chi connectivity index (χ0n) is 19.2. The average molecular weight is 522 g/mol. The lowest BCUT2D eigenvalue weighted by atomic mass is 10.1. The summed E-state index contributed by atoms with van der Waals surface area (Å²) in [5.74, 6) is -1.02. The molecule has 36 heavy (non-hydrogen) atoms. The van der Waals surface area contributed by atoms with Gasteiger partial charge in [0.2, 0.25) is 15.9 Å². The lowest BCUT2D eigenvalue weighted by molar-refractivity contribution is -0.137.